The van der Waals surface area contributed by atoms with Crippen molar-refractivity contribution < 1.29 is 14.3 Å². The van der Waals surface area contributed by atoms with Crippen molar-refractivity contribution in [2.75, 3.05) is 18.5 Å². The van der Waals surface area contributed by atoms with E-state index in [0.29, 0.717) is 41.7 Å². The van der Waals surface area contributed by atoms with Crippen LogP contribution in [0.25, 0.3) is 23.0 Å². The second kappa shape index (κ2) is 10.0. The van der Waals surface area contributed by atoms with E-state index in [9.17, 15) is 10.1 Å². The molecule has 0 saturated heterocycles. The van der Waals surface area contributed by atoms with E-state index in [2.05, 4.69) is 11.4 Å². The van der Waals surface area contributed by atoms with Crippen molar-refractivity contribution in [3.8, 4) is 34.5 Å². The Labute approximate surface area is 215 Å². The molecule has 184 valence electrons. The van der Waals surface area contributed by atoms with Crippen LogP contribution in [-0.4, -0.2) is 28.9 Å². The van der Waals surface area contributed by atoms with Crippen LogP contribution >= 0.6 is 0 Å². The number of aromatic nitrogens is 2. The molecular formula is C30H26N4O3. The molecule has 0 atom stereocenters. The highest BCUT2D eigenvalue weighted by Crippen LogP contribution is 2.36. The van der Waals surface area contributed by atoms with Crippen molar-refractivity contribution in [2.24, 2.45) is 0 Å². The van der Waals surface area contributed by atoms with Crippen LogP contribution in [0.2, 0.25) is 0 Å². The summed E-state index contributed by atoms with van der Waals surface area (Å²) in [5, 5.41) is 17.6. The quantitative estimate of drug-likeness (QED) is 0.283. The van der Waals surface area contributed by atoms with E-state index in [1.165, 1.54) is 0 Å². The lowest BCUT2D eigenvalue weighted by Gasteiger charge is -2.18. The van der Waals surface area contributed by atoms with E-state index in [0.717, 1.165) is 27.9 Å². The minimum absolute atomic E-state index is 0.0224. The first-order valence-electron chi connectivity index (χ1n) is 12.0. The third-order valence-electron chi connectivity index (χ3n) is 6.16. The van der Waals surface area contributed by atoms with Gasteiger partial charge in [-0.1, -0.05) is 35.9 Å². The topological polar surface area (TPSA) is 89.2 Å². The molecule has 7 heteroatoms. The van der Waals surface area contributed by atoms with Crippen molar-refractivity contribution in [3.05, 3.63) is 94.7 Å². The molecule has 5 rings (SSSR count). The summed E-state index contributed by atoms with van der Waals surface area (Å²) in [4.78, 5) is 13.2. The molecule has 2 heterocycles. The normalized spacial score (nSPS) is 12.6. The second-order valence-corrected chi connectivity index (χ2v) is 8.97. The van der Waals surface area contributed by atoms with Crippen molar-refractivity contribution in [2.45, 2.75) is 20.8 Å². The number of nitrogens with zero attached hydrogens (tertiary/aromatic N) is 3. The van der Waals surface area contributed by atoms with Gasteiger partial charge in [0.05, 0.1) is 5.69 Å². The fourth-order valence-electron chi connectivity index (χ4n) is 4.48. The largest absolute Gasteiger partial charge is 0.486 e. The van der Waals surface area contributed by atoms with E-state index in [1.54, 1.807) is 10.8 Å². The van der Waals surface area contributed by atoms with Crippen LogP contribution in [0.3, 0.4) is 0 Å². The summed E-state index contributed by atoms with van der Waals surface area (Å²) >= 11 is 0. The maximum absolute atomic E-state index is 13.2. The highest BCUT2D eigenvalue weighted by molar-refractivity contribution is 6.10. The van der Waals surface area contributed by atoms with Gasteiger partial charge < -0.3 is 14.8 Å². The van der Waals surface area contributed by atoms with Gasteiger partial charge in [0.2, 0.25) is 0 Å². The first-order chi connectivity index (χ1) is 17.9. The van der Waals surface area contributed by atoms with Gasteiger partial charge in [0.1, 0.15) is 30.6 Å². The zero-order chi connectivity index (χ0) is 25.9. The number of fused-ring (bicyclic) bond motifs is 1. The van der Waals surface area contributed by atoms with E-state index in [1.807, 2.05) is 87.6 Å². The number of rotatable bonds is 5. The molecule has 0 fully saturated rings. The minimum atomic E-state index is -0.474. The smallest absolute Gasteiger partial charge is 0.266 e. The lowest BCUT2D eigenvalue weighted by Crippen LogP contribution is -2.15. The Hall–Kier alpha value is -4.83. The van der Waals surface area contributed by atoms with Gasteiger partial charge in [-0.25, -0.2) is 4.68 Å². The molecule has 37 heavy (non-hydrogen) atoms. The zero-order valence-electron chi connectivity index (χ0n) is 20.9. The molecule has 0 bridgehead atoms. The Morgan fingerprint density at radius 3 is 2.41 bits per heavy atom. The van der Waals surface area contributed by atoms with Crippen LogP contribution in [0.4, 0.5) is 5.69 Å². The third kappa shape index (κ3) is 4.95. The van der Waals surface area contributed by atoms with Crippen molar-refractivity contribution >= 4 is 17.7 Å². The van der Waals surface area contributed by atoms with E-state index in [4.69, 9.17) is 14.6 Å². The van der Waals surface area contributed by atoms with E-state index in [-0.39, 0.29) is 5.57 Å². The monoisotopic (exact) mass is 490 g/mol. The summed E-state index contributed by atoms with van der Waals surface area (Å²) in [6.07, 6.45) is 3.39. The number of nitriles is 1. The van der Waals surface area contributed by atoms with Crippen LogP contribution in [0, 0.1) is 32.1 Å². The van der Waals surface area contributed by atoms with Gasteiger partial charge in [0, 0.05) is 23.0 Å². The first kappa shape index (κ1) is 23.9. The van der Waals surface area contributed by atoms with Crippen molar-refractivity contribution in [1.82, 2.24) is 9.78 Å². The van der Waals surface area contributed by atoms with Crippen molar-refractivity contribution in [3.63, 3.8) is 0 Å². The molecular weight excluding hydrogens is 464 g/mol. The molecule has 7 nitrogen and oxygen atoms in total. The number of hydrogen-bond acceptors (Lipinski definition) is 5. The first-order valence-corrected chi connectivity index (χ1v) is 12.0. The number of aryl methyl sites for hydroxylation is 3. The Morgan fingerprint density at radius 2 is 1.70 bits per heavy atom. The average molecular weight is 491 g/mol. The van der Waals surface area contributed by atoms with Crippen LogP contribution in [0.1, 0.15) is 22.3 Å². The fourth-order valence-corrected chi connectivity index (χ4v) is 4.48. The van der Waals surface area contributed by atoms with E-state index < -0.39 is 5.91 Å². The van der Waals surface area contributed by atoms with Crippen molar-refractivity contribution in [1.29, 1.82) is 5.26 Å². The molecule has 0 spiro atoms. The lowest BCUT2D eigenvalue weighted by atomic mass is 10.0. The van der Waals surface area contributed by atoms with Gasteiger partial charge in [0.25, 0.3) is 5.91 Å². The fraction of sp³-hybridized carbons (Fsp3) is 0.167. The molecule has 0 saturated carbocycles. The Bertz CT molecular complexity index is 1540. The van der Waals surface area contributed by atoms with Crippen LogP contribution in [0.5, 0.6) is 11.5 Å². The highest BCUT2D eigenvalue weighted by atomic mass is 16.6. The standard InChI is InChI=1S/C30H26N4O3/c1-19-13-20(2)28(21(3)14-19)32-30(35)23(17-31)15-24-18-34(25-7-5-4-6-8-25)33-29(24)22-9-10-26-27(16-22)37-12-11-36-26/h4-10,13-16,18H,11-12H2,1-3H3,(H,32,35). The Kier molecular flexibility index (Phi) is 6.48. The number of anilines is 1. The molecule has 1 amide bonds. The molecule has 4 aromatic rings. The summed E-state index contributed by atoms with van der Waals surface area (Å²) in [6, 6.07) is 21.4. The number of benzene rings is 3. The number of nitrogens with one attached hydrogen (secondary N) is 1. The SMILES string of the molecule is Cc1cc(C)c(NC(=O)C(C#N)=Cc2cn(-c3ccccc3)nc2-c2ccc3c(c2)OCCO3)c(C)c1. The van der Waals surface area contributed by atoms with Gasteiger partial charge in [-0.15, -0.1) is 0 Å². The van der Waals surface area contributed by atoms with Crippen LogP contribution < -0.4 is 14.8 Å². The molecule has 3 aromatic carbocycles. The Morgan fingerprint density at radius 1 is 1.00 bits per heavy atom. The zero-order valence-corrected chi connectivity index (χ0v) is 20.9. The predicted octanol–water partition coefficient (Wildman–Crippen LogP) is 5.78. The number of ether oxygens (including phenoxy) is 2. The lowest BCUT2D eigenvalue weighted by molar-refractivity contribution is -0.112. The van der Waals surface area contributed by atoms with E-state index >= 15 is 0 Å². The maximum atomic E-state index is 13.2. The number of carbonyl (C=O) groups excluding carboxylic acids is 1. The summed E-state index contributed by atoms with van der Waals surface area (Å²) < 4.78 is 13.2. The van der Waals surface area contributed by atoms with Crippen LogP contribution in [-0.2, 0) is 4.79 Å². The number of para-hydroxylation sites is 1. The summed E-state index contributed by atoms with van der Waals surface area (Å²) in [5.41, 5.74) is 6.57. The summed E-state index contributed by atoms with van der Waals surface area (Å²) in [7, 11) is 0. The van der Waals surface area contributed by atoms with Gasteiger partial charge >= 0.3 is 0 Å². The molecule has 0 radical (unpaired) electrons. The van der Waals surface area contributed by atoms with Gasteiger partial charge in [-0.05, 0) is 68.3 Å². The molecule has 0 aliphatic carbocycles. The molecule has 1 aromatic heterocycles. The van der Waals surface area contributed by atoms with Crippen LogP contribution in [0.15, 0.2) is 72.4 Å². The number of carbonyl (C=O) groups is 1. The molecule has 1 N–H and O–H groups in total. The molecule has 0 unspecified atom stereocenters. The number of hydrogen-bond donors (Lipinski definition) is 1. The second-order valence-electron chi connectivity index (χ2n) is 8.97. The molecule has 1 aliphatic rings. The summed E-state index contributed by atoms with van der Waals surface area (Å²) in [6.45, 7) is 6.86. The average Bonchev–Trinajstić information content (AvgIpc) is 3.33. The predicted molar refractivity (Wildman–Crippen MR) is 143 cm³/mol. The van der Waals surface area contributed by atoms with Gasteiger partial charge in [-0.3, -0.25) is 4.79 Å². The third-order valence-corrected chi connectivity index (χ3v) is 6.16. The Balaban J connectivity index is 1.56. The van der Waals surface area contributed by atoms with Gasteiger partial charge in [0.15, 0.2) is 11.5 Å². The maximum Gasteiger partial charge on any atom is 0.266 e. The number of amides is 1. The summed E-state index contributed by atoms with van der Waals surface area (Å²) in [5.74, 6) is 0.838. The highest BCUT2D eigenvalue weighted by Gasteiger charge is 2.19. The molecule has 1 aliphatic heterocycles. The minimum Gasteiger partial charge on any atom is -0.486 e. The van der Waals surface area contributed by atoms with Gasteiger partial charge in [-0.2, -0.15) is 10.4 Å².